The molecule has 1 amide bonds. The molecule has 1 aromatic carbocycles. The standard InChI is InChI=1S/C17H24N2O3/c1-17(2,19-7-9-22-10-8-19)16(21)18-14-11-12-5-3-4-6-13(12)15(14)20/h3-6,14-15,20H,7-11H2,1-2H3,(H,18,21)/t14-,15-/m1/s1. The number of hydrogen-bond donors (Lipinski definition) is 2. The minimum atomic E-state index is -0.624. The van der Waals surface area contributed by atoms with Crippen molar-refractivity contribution in [3.8, 4) is 0 Å². The van der Waals surface area contributed by atoms with Crippen molar-refractivity contribution in [2.24, 2.45) is 0 Å². The zero-order valence-corrected chi connectivity index (χ0v) is 13.2. The fraction of sp³-hybridized carbons (Fsp3) is 0.588. The second-order valence-corrected chi connectivity index (χ2v) is 6.59. The Labute approximate surface area is 131 Å². The number of rotatable bonds is 3. The van der Waals surface area contributed by atoms with E-state index < -0.39 is 11.6 Å². The van der Waals surface area contributed by atoms with E-state index in [2.05, 4.69) is 10.2 Å². The van der Waals surface area contributed by atoms with Crippen LogP contribution in [0.25, 0.3) is 0 Å². The van der Waals surface area contributed by atoms with Crippen molar-refractivity contribution < 1.29 is 14.6 Å². The Kier molecular flexibility index (Phi) is 4.21. The lowest BCUT2D eigenvalue weighted by Gasteiger charge is -2.40. The number of carbonyl (C=O) groups excluding carboxylic acids is 1. The van der Waals surface area contributed by atoms with Crippen molar-refractivity contribution in [3.05, 3.63) is 35.4 Å². The van der Waals surface area contributed by atoms with Gasteiger partial charge in [-0.05, 0) is 31.4 Å². The number of carbonyl (C=O) groups is 1. The molecule has 1 aliphatic carbocycles. The molecule has 1 aromatic rings. The highest BCUT2D eigenvalue weighted by atomic mass is 16.5. The van der Waals surface area contributed by atoms with Gasteiger partial charge in [-0.15, -0.1) is 0 Å². The van der Waals surface area contributed by atoms with Crippen LogP contribution in [0.2, 0.25) is 0 Å². The average Bonchev–Trinajstić information content (AvgIpc) is 2.85. The number of amides is 1. The van der Waals surface area contributed by atoms with Gasteiger partial charge in [0.05, 0.1) is 30.9 Å². The van der Waals surface area contributed by atoms with Crippen LogP contribution in [0, 0.1) is 0 Å². The Hall–Kier alpha value is -1.43. The summed E-state index contributed by atoms with van der Waals surface area (Å²) in [6, 6.07) is 7.58. The second-order valence-electron chi connectivity index (χ2n) is 6.59. The molecule has 1 fully saturated rings. The topological polar surface area (TPSA) is 61.8 Å². The summed E-state index contributed by atoms with van der Waals surface area (Å²) in [6.07, 6.45) is 0.0584. The first-order chi connectivity index (χ1) is 10.5. The number of nitrogens with one attached hydrogen (secondary N) is 1. The minimum absolute atomic E-state index is 0.0359. The number of aliphatic hydroxyl groups is 1. The molecule has 3 rings (SSSR count). The lowest BCUT2D eigenvalue weighted by atomic mass is 9.99. The molecule has 120 valence electrons. The molecule has 1 heterocycles. The number of morpholine rings is 1. The predicted molar refractivity (Wildman–Crippen MR) is 83.5 cm³/mol. The van der Waals surface area contributed by atoms with Crippen LogP contribution in [0.15, 0.2) is 24.3 Å². The summed E-state index contributed by atoms with van der Waals surface area (Å²) in [5.41, 5.74) is 1.44. The van der Waals surface area contributed by atoms with E-state index in [-0.39, 0.29) is 11.9 Å². The molecule has 0 radical (unpaired) electrons. The van der Waals surface area contributed by atoms with E-state index >= 15 is 0 Å². The summed E-state index contributed by atoms with van der Waals surface area (Å²) in [4.78, 5) is 14.9. The Morgan fingerprint density at radius 3 is 2.68 bits per heavy atom. The molecule has 0 spiro atoms. The molecule has 5 nitrogen and oxygen atoms in total. The molecule has 22 heavy (non-hydrogen) atoms. The van der Waals surface area contributed by atoms with Gasteiger partial charge in [0.25, 0.3) is 0 Å². The average molecular weight is 304 g/mol. The molecule has 0 saturated carbocycles. The van der Waals surface area contributed by atoms with Crippen LogP contribution in [0.1, 0.15) is 31.1 Å². The van der Waals surface area contributed by atoms with Crippen LogP contribution < -0.4 is 5.32 Å². The summed E-state index contributed by atoms with van der Waals surface area (Å²) >= 11 is 0. The molecular weight excluding hydrogens is 280 g/mol. The third-order valence-electron chi connectivity index (χ3n) is 4.87. The number of ether oxygens (including phenoxy) is 1. The Bertz CT molecular complexity index is 553. The van der Waals surface area contributed by atoms with Gasteiger partial charge in [-0.25, -0.2) is 0 Å². The molecule has 2 atom stereocenters. The van der Waals surface area contributed by atoms with Gasteiger partial charge in [-0.3, -0.25) is 9.69 Å². The van der Waals surface area contributed by atoms with Crippen molar-refractivity contribution >= 4 is 5.91 Å². The van der Waals surface area contributed by atoms with Gasteiger partial charge in [0.1, 0.15) is 0 Å². The van der Waals surface area contributed by atoms with E-state index in [0.29, 0.717) is 19.6 Å². The van der Waals surface area contributed by atoms with Crippen LogP contribution in [-0.2, 0) is 16.0 Å². The summed E-state index contributed by atoms with van der Waals surface area (Å²) < 4.78 is 5.35. The lowest BCUT2D eigenvalue weighted by molar-refractivity contribution is -0.136. The van der Waals surface area contributed by atoms with Crippen molar-refractivity contribution in [1.29, 1.82) is 0 Å². The van der Waals surface area contributed by atoms with E-state index in [4.69, 9.17) is 4.74 Å². The molecule has 1 aliphatic heterocycles. The van der Waals surface area contributed by atoms with Gasteiger partial charge >= 0.3 is 0 Å². The van der Waals surface area contributed by atoms with E-state index in [1.54, 1.807) is 0 Å². The van der Waals surface area contributed by atoms with E-state index in [9.17, 15) is 9.90 Å². The highest BCUT2D eigenvalue weighted by Gasteiger charge is 2.39. The summed E-state index contributed by atoms with van der Waals surface area (Å²) in [5, 5.41) is 13.5. The first-order valence-electron chi connectivity index (χ1n) is 7.90. The fourth-order valence-electron chi connectivity index (χ4n) is 3.31. The summed E-state index contributed by atoms with van der Waals surface area (Å²) in [7, 11) is 0. The van der Waals surface area contributed by atoms with Crippen molar-refractivity contribution in [3.63, 3.8) is 0 Å². The fourth-order valence-corrected chi connectivity index (χ4v) is 3.31. The SMILES string of the molecule is CC(C)(C(=O)N[C@@H]1Cc2ccccc2[C@H]1O)N1CCOCC1. The molecule has 2 N–H and O–H groups in total. The number of nitrogens with zero attached hydrogens (tertiary/aromatic N) is 1. The molecule has 0 aromatic heterocycles. The third-order valence-corrected chi connectivity index (χ3v) is 4.87. The molecular formula is C17H24N2O3. The second kappa shape index (κ2) is 5.99. The summed E-state index contributed by atoms with van der Waals surface area (Å²) in [5.74, 6) is -0.0359. The van der Waals surface area contributed by atoms with Gasteiger partial charge < -0.3 is 15.2 Å². The van der Waals surface area contributed by atoms with Crippen molar-refractivity contribution in [2.75, 3.05) is 26.3 Å². The molecule has 1 saturated heterocycles. The zero-order chi connectivity index (χ0) is 15.7. The van der Waals surface area contributed by atoms with E-state index in [1.807, 2.05) is 38.1 Å². The number of aliphatic hydroxyl groups excluding tert-OH is 1. The first kappa shape index (κ1) is 15.5. The monoisotopic (exact) mass is 304 g/mol. The number of benzene rings is 1. The number of fused-ring (bicyclic) bond motifs is 1. The Balaban J connectivity index is 1.67. The molecule has 0 bridgehead atoms. The lowest BCUT2D eigenvalue weighted by Crippen LogP contribution is -2.59. The van der Waals surface area contributed by atoms with E-state index in [0.717, 1.165) is 24.2 Å². The number of hydrogen-bond acceptors (Lipinski definition) is 4. The predicted octanol–water partition coefficient (Wildman–Crippen LogP) is 0.872. The van der Waals surface area contributed by atoms with Crippen molar-refractivity contribution in [1.82, 2.24) is 10.2 Å². The Morgan fingerprint density at radius 2 is 2.00 bits per heavy atom. The van der Waals surface area contributed by atoms with Crippen molar-refractivity contribution in [2.45, 2.75) is 38.0 Å². The van der Waals surface area contributed by atoms with Crippen LogP contribution in [0.5, 0.6) is 0 Å². The normalized spacial score (nSPS) is 25.8. The molecule has 2 aliphatic rings. The van der Waals surface area contributed by atoms with Crippen LogP contribution in [0.4, 0.5) is 0 Å². The van der Waals surface area contributed by atoms with Crippen LogP contribution in [0.3, 0.4) is 0 Å². The smallest absolute Gasteiger partial charge is 0.240 e. The molecule has 5 heteroatoms. The first-order valence-corrected chi connectivity index (χ1v) is 7.90. The van der Waals surface area contributed by atoms with Gasteiger partial charge in [-0.1, -0.05) is 24.3 Å². The minimum Gasteiger partial charge on any atom is -0.386 e. The largest absolute Gasteiger partial charge is 0.386 e. The maximum absolute atomic E-state index is 12.7. The van der Waals surface area contributed by atoms with Crippen LogP contribution >= 0.6 is 0 Å². The van der Waals surface area contributed by atoms with Crippen LogP contribution in [-0.4, -0.2) is 53.8 Å². The maximum Gasteiger partial charge on any atom is 0.240 e. The Morgan fingerprint density at radius 1 is 1.32 bits per heavy atom. The summed E-state index contributed by atoms with van der Waals surface area (Å²) in [6.45, 7) is 6.70. The quantitative estimate of drug-likeness (QED) is 0.870. The van der Waals surface area contributed by atoms with E-state index in [1.165, 1.54) is 0 Å². The molecule has 0 unspecified atom stereocenters. The zero-order valence-electron chi connectivity index (χ0n) is 13.2. The highest BCUT2D eigenvalue weighted by molar-refractivity contribution is 5.85. The van der Waals surface area contributed by atoms with Gasteiger partial charge in [0.2, 0.25) is 5.91 Å². The van der Waals surface area contributed by atoms with Gasteiger partial charge in [-0.2, -0.15) is 0 Å². The van der Waals surface area contributed by atoms with Gasteiger partial charge in [0, 0.05) is 13.1 Å². The van der Waals surface area contributed by atoms with Gasteiger partial charge in [0.15, 0.2) is 0 Å². The highest BCUT2D eigenvalue weighted by Crippen LogP contribution is 2.31. The maximum atomic E-state index is 12.7. The third kappa shape index (κ3) is 2.76.